The van der Waals surface area contributed by atoms with Crippen LogP contribution in [-0.2, 0) is 6.42 Å². The van der Waals surface area contributed by atoms with Crippen LogP contribution in [0.2, 0.25) is 0 Å². The van der Waals surface area contributed by atoms with E-state index in [4.69, 9.17) is 0 Å². The first kappa shape index (κ1) is 21.8. The van der Waals surface area contributed by atoms with E-state index in [0.717, 1.165) is 54.6 Å². The average Bonchev–Trinajstić information content (AvgIpc) is 2.89. The van der Waals surface area contributed by atoms with Crippen LogP contribution in [0.5, 0.6) is 0 Å². The molecular formula is C27H27FN6O. The fourth-order valence-corrected chi connectivity index (χ4v) is 5.79. The molecule has 178 valence electrons. The zero-order valence-electron chi connectivity index (χ0n) is 19.7. The fourth-order valence-electron chi connectivity index (χ4n) is 5.79. The van der Waals surface area contributed by atoms with Crippen LogP contribution < -0.4 is 10.5 Å². The van der Waals surface area contributed by atoms with Gasteiger partial charge < -0.3 is 4.90 Å². The number of nitrogens with zero attached hydrogens (tertiary/aromatic N) is 6. The van der Waals surface area contributed by atoms with E-state index in [1.165, 1.54) is 6.07 Å². The van der Waals surface area contributed by atoms with Crippen LogP contribution in [0.25, 0.3) is 11.2 Å². The zero-order valence-corrected chi connectivity index (χ0v) is 19.7. The van der Waals surface area contributed by atoms with Gasteiger partial charge in [0.1, 0.15) is 11.3 Å². The monoisotopic (exact) mass is 470 g/mol. The number of pyridine rings is 1. The Balaban J connectivity index is 1.39. The van der Waals surface area contributed by atoms with Gasteiger partial charge in [0, 0.05) is 43.4 Å². The third kappa shape index (κ3) is 3.77. The predicted octanol–water partition coefficient (Wildman–Crippen LogP) is 4.34. The van der Waals surface area contributed by atoms with Crippen LogP contribution in [0, 0.1) is 12.7 Å². The predicted molar refractivity (Wildman–Crippen MR) is 132 cm³/mol. The van der Waals surface area contributed by atoms with Crippen LogP contribution in [0.4, 0.5) is 10.1 Å². The van der Waals surface area contributed by atoms with Crippen LogP contribution in [0.15, 0.2) is 53.8 Å². The van der Waals surface area contributed by atoms with Gasteiger partial charge in [-0.25, -0.2) is 9.37 Å². The minimum atomic E-state index is -0.208. The number of hydrogen-bond acceptors (Lipinski definition) is 6. The summed E-state index contributed by atoms with van der Waals surface area (Å²) in [7, 11) is 0. The molecule has 4 aromatic rings. The van der Waals surface area contributed by atoms with Crippen molar-refractivity contribution < 1.29 is 4.39 Å². The van der Waals surface area contributed by atoms with Gasteiger partial charge in [-0.2, -0.15) is 0 Å². The number of fused-ring (bicyclic) bond motifs is 2. The highest BCUT2D eigenvalue weighted by Gasteiger charge is 2.31. The number of para-hydroxylation sites is 1. The second-order valence-corrected chi connectivity index (χ2v) is 9.50. The number of aryl methyl sites for hydroxylation is 2. The van der Waals surface area contributed by atoms with Crippen molar-refractivity contribution in [3.05, 3.63) is 87.7 Å². The molecule has 1 atom stereocenters. The van der Waals surface area contributed by atoms with Crippen molar-refractivity contribution in [1.82, 2.24) is 24.5 Å². The van der Waals surface area contributed by atoms with Crippen molar-refractivity contribution in [2.24, 2.45) is 0 Å². The highest BCUT2D eigenvalue weighted by atomic mass is 19.1. The molecule has 8 heteroatoms. The fraction of sp³-hybridized carbons (Fsp3) is 0.370. The number of halogens is 1. The summed E-state index contributed by atoms with van der Waals surface area (Å²) in [6.45, 7) is 3.33. The maximum absolute atomic E-state index is 14.6. The van der Waals surface area contributed by atoms with Gasteiger partial charge in [0.15, 0.2) is 5.65 Å². The number of rotatable bonds is 3. The summed E-state index contributed by atoms with van der Waals surface area (Å²) in [6.07, 6.45) is 10.9. The third-order valence-electron chi connectivity index (χ3n) is 7.46. The van der Waals surface area contributed by atoms with Gasteiger partial charge in [-0.05, 0) is 62.6 Å². The van der Waals surface area contributed by atoms with Crippen molar-refractivity contribution in [1.29, 1.82) is 0 Å². The maximum atomic E-state index is 14.6. The lowest BCUT2D eigenvalue weighted by Crippen LogP contribution is -2.37. The standard InChI is InChI=1S/C27H27FN6O/c1-17-4-2-5-20(28)25(17)33-14-8-18(9-15-33)19-16-22-26(32-13-11-30-22)34(27(19)35)23-7-3-6-21-24(23)31-12-10-29-21/h2,4-5,10-13,16,18,23H,3,6-9,14-15H2,1H3/t23-/m1/s1. The Labute approximate surface area is 202 Å². The molecule has 7 nitrogen and oxygen atoms in total. The smallest absolute Gasteiger partial charge is 0.256 e. The molecule has 0 spiro atoms. The molecule has 35 heavy (non-hydrogen) atoms. The third-order valence-corrected chi connectivity index (χ3v) is 7.46. The lowest BCUT2D eigenvalue weighted by atomic mass is 9.88. The average molecular weight is 471 g/mol. The van der Waals surface area contributed by atoms with E-state index in [1.807, 2.05) is 19.1 Å². The van der Waals surface area contributed by atoms with Crippen molar-refractivity contribution in [2.75, 3.05) is 18.0 Å². The maximum Gasteiger partial charge on any atom is 0.256 e. The molecule has 1 aromatic carbocycles. The molecule has 0 unspecified atom stereocenters. The van der Waals surface area contributed by atoms with Gasteiger partial charge in [-0.15, -0.1) is 0 Å². The van der Waals surface area contributed by atoms with Gasteiger partial charge >= 0.3 is 0 Å². The molecule has 0 radical (unpaired) electrons. The molecule has 1 fully saturated rings. The first-order valence-electron chi connectivity index (χ1n) is 12.3. The Bertz CT molecular complexity index is 1440. The van der Waals surface area contributed by atoms with Gasteiger partial charge in [-0.1, -0.05) is 12.1 Å². The summed E-state index contributed by atoms with van der Waals surface area (Å²) in [5, 5.41) is 0. The molecule has 0 saturated carbocycles. The second-order valence-electron chi connectivity index (χ2n) is 9.50. The molecule has 1 saturated heterocycles. The Hall–Kier alpha value is -3.68. The molecule has 6 rings (SSSR count). The van der Waals surface area contributed by atoms with E-state index in [1.54, 1.807) is 35.4 Å². The van der Waals surface area contributed by atoms with Crippen molar-refractivity contribution in [2.45, 2.75) is 51.0 Å². The number of benzene rings is 1. The van der Waals surface area contributed by atoms with E-state index in [-0.39, 0.29) is 23.3 Å². The van der Waals surface area contributed by atoms with E-state index in [0.29, 0.717) is 29.9 Å². The lowest BCUT2D eigenvalue weighted by molar-refractivity contribution is 0.454. The topological polar surface area (TPSA) is 76.8 Å². The summed E-state index contributed by atoms with van der Waals surface area (Å²) in [4.78, 5) is 34.4. The number of anilines is 1. The van der Waals surface area contributed by atoms with Gasteiger partial charge in [0.25, 0.3) is 5.56 Å². The molecule has 1 aliphatic heterocycles. The van der Waals surface area contributed by atoms with E-state index < -0.39 is 0 Å². The molecule has 1 aliphatic carbocycles. The van der Waals surface area contributed by atoms with E-state index >= 15 is 0 Å². The zero-order chi connectivity index (χ0) is 23.9. The Morgan fingerprint density at radius 3 is 2.57 bits per heavy atom. The number of hydrogen-bond donors (Lipinski definition) is 0. The van der Waals surface area contributed by atoms with E-state index in [9.17, 15) is 9.18 Å². The first-order valence-corrected chi connectivity index (χ1v) is 12.3. The Kier molecular flexibility index (Phi) is 5.51. The first-order chi connectivity index (χ1) is 17.1. The SMILES string of the molecule is Cc1cccc(F)c1N1CCC(c2cc3nccnc3n([C@@H]3CCCc4nccnc43)c2=O)CC1. The normalized spacial score (nSPS) is 18.6. The largest absolute Gasteiger partial charge is 0.369 e. The highest BCUT2D eigenvalue weighted by molar-refractivity contribution is 5.71. The number of aromatic nitrogens is 5. The van der Waals surface area contributed by atoms with Crippen LogP contribution in [-0.4, -0.2) is 37.6 Å². The van der Waals surface area contributed by atoms with Gasteiger partial charge in [0.2, 0.25) is 0 Å². The summed E-state index contributed by atoms with van der Waals surface area (Å²) in [5.74, 6) is -0.114. The highest BCUT2D eigenvalue weighted by Crippen LogP contribution is 2.35. The Morgan fingerprint density at radius 1 is 0.971 bits per heavy atom. The molecular weight excluding hydrogens is 443 g/mol. The van der Waals surface area contributed by atoms with Crippen molar-refractivity contribution >= 4 is 16.9 Å². The minimum absolute atomic E-state index is 0.0259. The summed E-state index contributed by atoms with van der Waals surface area (Å²) < 4.78 is 16.4. The van der Waals surface area contributed by atoms with Crippen LogP contribution >= 0.6 is 0 Å². The molecule has 2 aliphatic rings. The molecule has 4 heterocycles. The minimum Gasteiger partial charge on any atom is -0.369 e. The van der Waals surface area contributed by atoms with Gasteiger partial charge in [-0.3, -0.25) is 24.3 Å². The molecule has 0 bridgehead atoms. The van der Waals surface area contributed by atoms with E-state index in [2.05, 4.69) is 24.8 Å². The molecule has 3 aromatic heterocycles. The van der Waals surface area contributed by atoms with Gasteiger partial charge in [0.05, 0.1) is 23.1 Å². The summed E-state index contributed by atoms with van der Waals surface area (Å²) in [6, 6.07) is 6.90. The molecule has 0 amide bonds. The summed E-state index contributed by atoms with van der Waals surface area (Å²) in [5.41, 5.74) is 5.45. The summed E-state index contributed by atoms with van der Waals surface area (Å²) >= 11 is 0. The van der Waals surface area contributed by atoms with Crippen molar-refractivity contribution in [3.63, 3.8) is 0 Å². The molecule has 0 N–H and O–H groups in total. The Morgan fingerprint density at radius 2 is 1.74 bits per heavy atom. The quantitative estimate of drug-likeness (QED) is 0.443. The second kappa shape index (κ2) is 8.83. The van der Waals surface area contributed by atoms with Crippen LogP contribution in [0.1, 0.15) is 60.2 Å². The van der Waals surface area contributed by atoms with Crippen molar-refractivity contribution in [3.8, 4) is 0 Å². The lowest BCUT2D eigenvalue weighted by Gasteiger charge is -2.35. The number of piperidine rings is 1. The van der Waals surface area contributed by atoms with Crippen LogP contribution in [0.3, 0.4) is 0 Å².